The van der Waals surface area contributed by atoms with Gasteiger partial charge in [-0.05, 0) is 23.8 Å². The first-order valence-electron chi connectivity index (χ1n) is 8.76. The van der Waals surface area contributed by atoms with Crippen molar-refractivity contribution in [1.82, 2.24) is 15.5 Å². The van der Waals surface area contributed by atoms with Crippen LogP contribution in [0.1, 0.15) is 32.8 Å². The summed E-state index contributed by atoms with van der Waals surface area (Å²) in [6.45, 7) is 0.363. The third kappa shape index (κ3) is 4.93. The maximum Gasteiger partial charge on any atom is 0.322 e. The molecule has 2 N–H and O–H groups in total. The maximum atomic E-state index is 12.7. The minimum absolute atomic E-state index is 0.0426. The van der Waals surface area contributed by atoms with Crippen LogP contribution in [0.15, 0.2) is 29.6 Å². The van der Waals surface area contributed by atoms with Crippen LogP contribution in [0.3, 0.4) is 0 Å². The van der Waals surface area contributed by atoms with E-state index in [4.69, 9.17) is 4.74 Å². The Kier molecular flexibility index (Phi) is 6.64. The van der Waals surface area contributed by atoms with Gasteiger partial charge in [0.15, 0.2) is 0 Å². The van der Waals surface area contributed by atoms with Gasteiger partial charge in [0.1, 0.15) is 11.8 Å². The summed E-state index contributed by atoms with van der Waals surface area (Å²) in [7, 11) is 1.50. The number of carbonyl (C=O) groups excluding carboxylic acids is 3. The van der Waals surface area contributed by atoms with Crippen LogP contribution in [0.5, 0.6) is 5.75 Å². The third-order valence-electron chi connectivity index (χ3n) is 4.32. The molecule has 10 heteroatoms. The average molecular weight is 433 g/mol. The zero-order valence-electron chi connectivity index (χ0n) is 15.8. The number of nitrogens with one attached hydrogen (secondary N) is 2. The minimum Gasteiger partial charge on any atom is -0.497 e. The number of hydrogen-bond acceptors (Lipinski definition) is 5. The number of benzene rings is 1. The lowest BCUT2D eigenvalue weighted by Crippen LogP contribution is -2.46. The standard InChI is InChI=1S/C20H17F2N3O4S/c1-29-15-5-3-13-8-25(19(27)16(13)7-15)9-14(24-20(28)23-11-26)4-2-12-6-17(18(21)22)30-10-12/h3,5-7,10-11,14,18H,8-9H2,1H3,(H2,23,24,26,28)/t14-/m1/s1. The molecule has 1 atom stereocenters. The van der Waals surface area contributed by atoms with Gasteiger partial charge >= 0.3 is 6.03 Å². The lowest BCUT2D eigenvalue weighted by atomic mass is 10.1. The Morgan fingerprint density at radius 2 is 2.20 bits per heavy atom. The second kappa shape index (κ2) is 9.37. The fraction of sp³-hybridized carbons (Fsp3) is 0.250. The number of alkyl halides is 2. The van der Waals surface area contributed by atoms with Crippen LogP contribution in [0, 0.1) is 11.8 Å². The van der Waals surface area contributed by atoms with E-state index < -0.39 is 18.5 Å². The van der Waals surface area contributed by atoms with Gasteiger partial charge < -0.3 is 15.0 Å². The van der Waals surface area contributed by atoms with Crippen LogP contribution >= 0.6 is 11.3 Å². The molecule has 2 aromatic rings. The largest absolute Gasteiger partial charge is 0.497 e. The number of halogens is 2. The number of fused-ring (bicyclic) bond motifs is 1. The second-order valence-electron chi connectivity index (χ2n) is 6.30. The van der Waals surface area contributed by atoms with Crippen molar-refractivity contribution in [3.63, 3.8) is 0 Å². The fourth-order valence-corrected chi connectivity index (χ4v) is 3.61. The number of thiophene rings is 1. The van der Waals surface area contributed by atoms with Crippen molar-refractivity contribution >= 4 is 29.7 Å². The van der Waals surface area contributed by atoms with E-state index in [1.807, 2.05) is 5.32 Å². The number of ether oxygens (including phenoxy) is 1. The van der Waals surface area contributed by atoms with Gasteiger partial charge in [0.05, 0.1) is 18.5 Å². The van der Waals surface area contributed by atoms with Crippen molar-refractivity contribution in [2.75, 3.05) is 13.7 Å². The minimum atomic E-state index is -2.59. The summed E-state index contributed by atoms with van der Waals surface area (Å²) >= 11 is 0.885. The molecule has 0 aliphatic carbocycles. The van der Waals surface area contributed by atoms with Crippen LogP contribution in [-0.4, -0.2) is 42.9 Å². The van der Waals surface area contributed by atoms with E-state index in [0.717, 1.165) is 16.9 Å². The number of carbonyl (C=O) groups is 3. The molecule has 4 amide bonds. The summed E-state index contributed by atoms with van der Waals surface area (Å²) in [6.07, 6.45) is -2.37. The topological polar surface area (TPSA) is 87.7 Å². The van der Waals surface area contributed by atoms with E-state index in [-0.39, 0.29) is 23.7 Å². The van der Waals surface area contributed by atoms with Crippen molar-refractivity contribution in [3.8, 4) is 17.6 Å². The van der Waals surface area contributed by atoms with Gasteiger partial charge in [-0.15, -0.1) is 11.3 Å². The highest BCUT2D eigenvalue weighted by atomic mass is 32.1. The smallest absolute Gasteiger partial charge is 0.322 e. The zero-order chi connectivity index (χ0) is 21.7. The number of hydrogen-bond donors (Lipinski definition) is 2. The van der Waals surface area contributed by atoms with Crippen molar-refractivity contribution in [2.45, 2.75) is 19.0 Å². The summed E-state index contributed by atoms with van der Waals surface area (Å²) in [6, 6.07) is 4.83. The molecule has 156 valence electrons. The molecule has 0 unspecified atom stereocenters. The van der Waals surface area contributed by atoms with Crippen molar-refractivity contribution in [3.05, 3.63) is 51.2 Å². The Labute approximate surface area is 175 Å². The quantitative estimate of drug-likeness (QED) is 0.541. The summed E-state index contributed by atoms with van der Waals surface area (Å²) in [4.78, 5) is 36.4. The average Bonchev–Trinajstić information content (AvgIpc) is 3.31. The molecule has 1 aromatic carbocycles. The summed E-state index contributed by atoms with van der Waals surface area (Å²) in [5.74, 6) is 5.82. The van der Waals surface area contributed by atoms with E-state index in [9.17, 15) is 23.2 Å². The lowest BCUT2D eigenvalue weighted by Gasteiger charge is -2.20. The zero-order valence-corrected chi connectivity index (χ0v) is 16.6. The van der Waals surface area contributed by atoms with Gasteiger partial charge in [-0.25, -0.2) is 13.6 Å². The van der Waals surface area contributed by atoms with Crippen LogP contribution in [0.2, 0.25) is 0 Å². The molecule has 0 bridgehead atoms. The molecule has 0 saturated carbocycles. The summed E-state index contributed by atoms with van der Waals surface area (Å²) in [5, 5.41) is 5.93. The number of nitrogens with zero attached hydrogens (tertiary/aromatic N) is 1. The van der Waals surface area contributed by atoms with E-state index in [2.05, 4.69) is 17.2 Å². The molecule has 30 heavy (non-hydrogen) atoms. The number of urea groups is 1. The van der Waals surface area contributed by atoms with Crippen molar-refractivity contribution in [1.29, 1.82) is 0 Å². The van der Waals surface area contributed by atoms with Crippen LogP contribution in [0.4, 0.5) is 13.6 Å². The first-order chi connectivity index (χ1) is 14.4. The molecular weight excluding hydrogens is 416 g/mol. The van der Waals surface area contributed by atoms with Crippen molar-refractivity contribution in [2.24, 2.45) is 0 Å². The van der Waals surface area contributed by atoms with Crippen LogP contribution in [-0.2, 0) is 11.3 Å². The highest BCUT2D eigenvalue weighted by Gasteiger charge is 2.29. The molecule has 0 radical (unpaired) electrons. The van der Waals surface area contributed by atoms with E-state index in [1.54, 1.807) is 18.2 Å². The number of imide groups is 1. The molecular formula is C20H17F2N3O4S. The van der Waals surface area contributed by atoms with Gasteiger partial charge in [-0.2, -0.15) is 0 Å². The fourth-order valence-electron chi connectivity index (χ4n) is 2.92. The van der Waals surface area contributed by atoms with E-state index in [1.165, 1.54) is 23.5 Å². The molecule has 3 rings (SSSR count). The van der Waals surface area contributed by atoms with E-state index in [0.29, 0.717) is 23.4 Å². The number of methoxy groups -OCH3 is 1. The monoisotopic (exact) mass is 433 g/mol. The summed E-state index contributed by atoms with van der Waals surface area (Å²) < 4.78 is 30.6. The Hall–Kier alpha value is -3.45. The van der Waals surface area contributed by atoms with Crippen LogP contribution < -0.4 is 15.4 Å². The molecule has 0 spiro atoms. The first kappa shape index (κ1) is 21.3. The van der Waals surface area contributed by atoms with Gasteiger partial charge in [-0.3, -0.25) is 14.9 Å². The Morgan fingerprint density at radius 3 is 2.87 bits per heavy atom. The molecule has 0 fully saturated rings. The van der Waals surface area contributed by atoms with Crippen LogP contribution in [0.25, 0.3) is 0 Å². The highest BCUT2D eigenvalue weighted by molar-refractivity contribution is 7.10. The highest BCUT2D eigenvalue weighted by Crippen LogP contribution is 2.27. The maximum absolute atomic E-state index is 12.7. The number of rotatable bonds is 6. The normalized spacial score (nSPS) is 13.3. The van der Waals surface area contributed by atoms with Gasteiger partial charge in [0, 0.05) is 23.1 Å². The van der Waals surface area contributed by atoms with Gasteiger partial charge in [0.2, 0.25) is 6.41 Å². The molecule has 7 nitrogen and oxygen atoms in total. The first-order valence-corrected chi connectivity index (χ1v) is 9.64. The predicted molar refractivity (Wildman–Crippen MR) is 105 cm³/mol. The molecule has 1 aromatic heterocycles. The van der Waals surface area contributed by atoms with Gasteiger partial charge in [-0.1, -0.05) is 17.9 Å². The molecule has 1 aliphatic heterocycles. The van der Waals surface area contributed by atoms with Gasteiger partial charge in [0.25, 0.3) is 12.3 Å². The summed E-state index contributed by atoms with van der Waals surface area (Å²) in [5.41, 5.74) is 1.68. The predicted octanol–water partition coefficient (Wildman–Crippen LogP) is 2.53. The molecule has 1 aliphatic rings. The van der Waals surface area contributed by atoms with Crippen molar-refractivity contribution < 1.29 is 27.9 Å². The number of amides is 4. The molecule has 2 heterocycles. The Morgan fingerprint density at radius 1 is 1.40 bits per heavy atom. The third-order valence-corrected chi connectivity index (χ3v) is 5.26. The second-order valence-corrected chi connectivity index (χ2v) is 7.25. The Balaban J connectivity index is 1.77. The molecule has 0 saturated heterocycles. The lowest BCUT2D eigenvalue weighted by molar-refractivity contribution is -0.108. The SMILES string of the molecule is COc1ccc2c(c1)C(=O)N(C[C@@H](C#Cc1csc(C(F)F)c1)NC(=O)NC=O)C2. The Bertz CT molecular complexity index is 1030. The van der Waals surface area contributed by atoms with E-state index >= 15 is 0 Å².